The van der Waals surface area contributed by atoms with E-state index in [0.29, 0.717) is 13.0 Å². The van der Waals surface area contributed by atoms with E-state index in [0.717, 1.165) is 4.31 Å². The normalized spacial score (nSPS) is 21.5. The molecule has 1 aliphatic rings. The maximum atomic E-state index is 11.3. The summed E-state index contributed by atoms with van der Waals surface area (Å²) in [7, 11) is -0.625. The lowest BCUT2D eigenvalue weighted by atomic mass is 10.1. The van der Waals surface area contributed by atoms with Gasteiger partial charge >= 0.3 is 6.09 Å². The van der Waals surface area contributed by atoms with Gasteiger partial charge in [-0.05, 0) is 6.42 Å². The number of rotatable bonds is 4. The predicted molar refractivity (Wildman–Crippen MR) is 53.7 cm³/mol. The molecule has 0 aromatic heterocycles. The van der Waals surface area contributed by atoms with Crippen molar-refractivity contribution in [1.29, 1.82) is 0 Å². The molecule has 0 aromatic carbocycles. The molecule has 1 rings (SSSR count). The average molecular weight is 237 g/mol. The molecular weight excluding hydrogens is 222 g/mol. The lowest BCUT2D eigenvalue weighted by molar-refractivity contribution is 0.0774. The summed E-state index contributed by atoms with van der Waals surface area (Å²) in [6.45, 7) is 0.608. The predicted octanol–water partition coefficient (Wildman–Crippen LogP) is -0.865. The summed E-state index contributed by atoms with van der Waals surface area (Å²) in [4.78, 5) is 11.8. The number of hydrogen-bond acceptors (Lipinski definition) is 3. The minimum Gasteiger partial charge on any atom is -0.465 e. The van der Waals surface area contributed by atoms with E-state index < -0.39 is 16.3 Å². The number of amides is 1. The van der Waals surface area contributed by atoms with E-state index in [1.165, 1.54) is 19.0 Å². The highest BCUT2D eigenvalue weighted by Gasteiger charge is 2.32. The van der Waals surface area contributed by atoms with Crippen molar-refractivity contribution in [2.75, 3.05) is 27.2 Å². The van der Waals surface area contributed by atoms with Gasteiger partial charge in [-0.3, -0.25) is 0 Å². The van der Waals surface area contributed by atoms with E-state index in [2.05, 4.69) is 4.72 Å². The number of likely N-dealkylation sites (tertiary alicyclic amines) is 1. The molecule has 2 N–H and O–H groups in total. The summed E-state index contributed by atoms with van der Waals surface area (Å²) in [6, 6.07) is -0.239. The SMILES string of the molecule is CN(C)S(=O)(=O)NC[C@@H]1CCN1C(=O)O. The summed E-state index contributed by atoms with van der Waals surface area (Å²) in [5, 5.41) is 8.68. The maximum absolute atomic E-state index is 11.3. The first kappa shape index (κ1) is 12.2. The van der Waals surface area contributed by atoms with Gasteiger partial charge in [-0.25, -0.2) is 9.52 Å². The molecule has 8 heteroatoms. The molecule has 0 aliphatic carbocycles. The Hall–Kier alpha value is -0.860. The second kappa shape index (κ2) is 4.33. The van der Waals surface area contributed by atoms with E-state index in [-0.39, 0.29) is 12.6 Å². The van der Waals surface area contributed by atoms with Crippen molar-refractivity contribution in [3.63, 3.8) is 0 Å². The first-order chi connectivity index (χ1) is 6.84. The molecule has 7 nitrogen and oxygen atoms in total. The Bertz CT molecular complexity index is 340. The van der Waals surface area contributed by atoms with Crippen LogP contribution < -0.4 is 4.72 Å². The molecule has 0 unspecified atom stereocenters. The Morgan fingerprint density at radius 3 is 2.53 bits per heavy atom. The molecule has 0 bridgehead atoms. The first-order valence-corrected chi connectivity index (χ1v) is 5.95. The summed E-state index contributed by atoms with van der Waals surface area (Å²) in [6.07, 6.45) is -0.308. The Balaban J connectivity index is 2.42. The van der Waals surface area contributed by atoms with Gasteiger partial charge in [0, 0.05) is 27.2 Å². The number of nitrogens with one attached hydrogen (secondary N) is 1. The number of carboxylic acid groups (broad SMARTS) is 1. The number of nitrogens with zero attached hydrogens (tertiary/aromatic N) is 2. The van der Waals surface area contributed by atoms with Crippen LogP contribution in [-0.2, 0) is 10.2 Å². The quantitative estimate of drug-likeness (QED) is 0.665. The van der Waals surface area contributed by atoms with Crippen LogP contribution in [-0.4, -0.2) is 62.0 Å². The third-order valence-electron chi connectivity index (χ3n) is 2.37. The van der Waals surface area contributed by atoms with Crippen LogP contribution in [0.15, 0.2) is 0 Å². The highest BCUT2D eigenvalue weighted by atomic mass is 32.2. The van der Waals surface area contributed by atoms with Crippen LogP contribution in [0.4, 0.5) is 4.79 Å². The fraction of sp³-hybridized carbons (Fsp3) is 0.857. The molecule has 1 atom stereocenters. The van der Waals surface area contributed by atoms with Gasteiger partial charge in [0.1, 0.15) is 0 Å². The standard InChI is InChI=1S/C7H15N3O4S/c1-9(2)15(13,14)8-5-6-3-4-10(6)7(11)12/h6,8H,3-5H2,1-2H3,(H,11,12)/t6-/m0/s1. The zero-order chi connectivity index (χ0) is 11.6. The van der Waals surface area contributed by atoms with Gasteiger partial charge in [-0.15, -0.1) is 0 Å². The van der Waals surface area contributed by atoms with Gasteiger partial charge in [0.15, 0.2) is 0 Å². The molecule has 1 heterocycles. The van der Waals surface area contributed by atoms with Crippen molar-refractivity contribution in [1.82, 2.24) is 13.9 Å². The molecule has 0 spiro atoms. The van der Waals surface area contributed by atoms with Crippen molar-refractivity contribution >= 4 is 16.3 Å². The lowest BCUT2D eigenvalue weighted by Gasteiger charge is -2.38. The Labute approximate surface area is 88.8 Å². The Morgan fingerprint density at radius 1 is 1.60 bits per heavy atom. The van der Waals surface area contributed by atoms with Gasteiger partial charge in [0.25, 0.3) is 10.2 Å². The maximum Gasteiger partial charge on any atom is 0.407 e. The van der Waals surface area contributed by atoms with Crippen LogP contribution in [0.5, 0.6) is 0 Å². The van der Waals surface area contributed by atoms with Gasteiger partial charge in [0.2, 0.25) is 0 Å². The van der Waals surface area contributed by atoms with Crippen LogP contribution in [0.25, 0.3) is 0 Å². The van der Waals surface area contributed by atoms with Crippen molar-refractivity contribution in [3.8, 4) is 0 Å². The zero-order valence-electron chi connectivity index (χ0n) is 8.67. The summed E-state index contributed by atoms with van der Waals surface area (Å²) >= 11 is 0. The fourth-order valence-electron chi connectivity index (χ4n) is 1.24. The number of carbonyl (C=O) groups is 1. The summed E-state index contributed by atoms with van der Waals surface area (Å²) < 4.78 is 26.0. The topological polar surface area (TPSA) is 90.0 Å². The average Bonchev–Trinajstić information content (AvgIpc) is 2.00. The second-order valence-corrected chi connectivity index (χ2v) is 5.52. The third-order valence-corrected chi connectivity index (χ3v) is 3.86. The van der Waals surface area contributed by atoms with E-state index in [1.807, 2.05) is 0 Å². The number of hydrogen-bond donors (Lipinski definition) is 2. The van der Waals surface area contributed by atoms with Crippen LogP contribution in [0.1, 0.15) is 6.42 Å². The minimum atomic E-state index is -3.45. The molecule has 1 amide bonds. The highest BCUT2D eigenvalue weighted by molar-refractivity contribution is 7.87. The summed E-state index contributed by atoms with van der Waals surface area (Å²) in [5.74, 6) is 0. The van der Waals surface area contributed by atoms with Crippen LogP contribution in [0, 0.1) is 0 Å². The summed E-state index contributed by atoms with van der Waals surface area (Å²) in [5.41, 5.74) is 0. The third kappa shape index (κ3) is 2.80. The molecule has 0 aromatic rings. The molecule has 15 heavy (non-hydrogen) atoms. The highest BCUT2D eigenvalue weighted by Crippen LogP contribution is 2.16. The van der Waals surface area contributed by atoms with Crippen molar-refractivity contribution in [2.24, 2.45) is 0 Å². The zero-order valence-corrected chi connectivity index (χ0v) is 9.49. The smallest absolute Gasteiger partial charge is 0.407 e. The van der Waals surface area contributed by atoms with Crippen LogP contribution in [0.3, 0.4) is 0 Å². The van der Waals surface area contributed by atoms with Gasteiger partial charge < -0.3 is 10.0 Å². The van der Waals surface area contributed by atoms with Crippen molar-refractivity contribution < 1.29 is 18.3 Å². The molecule has 0 saturated carbocycles. The largest absolute Gasteiger partial charge is 0.465 e. The van der Waals surface area contributed by atoms with Crippen LogP contribution in [0.2, 0.25) is 0 Å². The Kier molecular flexibility index (Phi) is 3.53. The van der Waals surface area contributed by atoms with Gasteiger partial charge in [-0.1, -0.05) is 0 Å². The molecular formula is C7H15N3O4S. The lowest BCUT2D eigenvalue weighted by Crippen LogP contribution is -2.56. The molecule has 0 radical (unpaired) electrons. The van der Waals surface area contributed by atoms with Gasteiger partial charge in [-0.2, -0.15) is 12.7 Å². The molecule has 88 valence electrons. The second-order valence-electron chi connectivity index (χ2n) is 3.55. The Morgan fingerprint density at radius 2 is 2.20 bits per heavy atom. The fourth-order valence-corrected chi connectivity index (χ4v) is 1.90. The van der Waals surface area contributed by atoms with Crippen molar-refractivity contribution in [3.05, 3.63) is 0 Å². The molecule has 1 fully saturated rings. The monoisotopic (exact) mass is 237 g/mol. The molecule has 1 saturated heterocycles. The van der Waals surface area contributed by atoms with E-state index >= 15 is 0 Å². The van der Waals surface area contributed by atoms with Crippen LogP contribution >= 0.6 is 0 Å². The molecule has 1 aliphatic heterocycles. The van der Waals surface area contributed by atoms with Crippen molar-refractivity contribution in [2.45, 2.75) is 12.5 Å². The van der Waals surface area contributed by atoms with E-state index in [9.17, 15) is 13.2 Å². The van der Waals surface area contributed by atoms with Gasteiger partial charge in [0.05, 0.1) is 6.04 Å². The van der Waals surface area contributed by atoms with E-state index in [1.54, 1.807) is 0 Å². The van der Waals surface area contributed by atoms with E-state index in [4.69, 9.17) is 5.11 Å². The first-order valence-electron chi connectivity index (χ1n) is 4.51. The minimum absolute atomic E-state index is 0.132.